The van der Waals surface area contributed by atoms with Crippen LogP contribution in [0.5, 0.6) is 0 Å². The van der Waals surface area contributed by atoms with Gasteiger partial charge in [0, 0.05) is 7.05 Å². The molecule has 0 saturated heterocycles. The number of aliphatic imine (C=N–C) groups is 1. The molecule has 0 fully saturated rings. The predicted octanol–water partition coefficient (Wildman–Crippen LogP) is 3.50. The SMILES string of the molecule is CN1C(=O)[C@@H](c2ccc(C(F)(F)F)cc2)[C@@](C)(c2ccc(F)c(C#N)c2)N=C1N. The van der Waals surface area contributed by atoms with Crippen LogP contribution in [-0.2, 0) is 16.5 Å². The highest BCUT2D eigenvalue weighted by atomic mass is 19.4. The predicted molar refractivity (Wildman–Crippen MR) is 97.0 cm³/mol. The van der Waals surface area contributed by atoms with Gasteiger partial charge >= 0.3 is 6.18 Å². The summed E-state index contributed by atoms with van der Waals surface area (Å²) in [5.41, 5.74) is 4.05. The number of amides is 1. The van der Waals surface area contributed by atoms with E-state index in [2.05, 4.69) is 4.99 Å². The number of likely N-dealkylation sites (N-methyl/N-ethyl adjacent to an activating group) is 1. The van der Waals surface area contributed by atoms with E-state index in [1.807, 2.05) is 0 Å². The van der Waals surface area contributed by atoms with E-state index in [0.717, 1.165) is 23.1 Å². The standard InChI is InChI=1S/C20H16F4N4O/c1-19(14-7-8-15(21)12(9-14)10-25)16(17(29)28(2)18(26)27-19)11-3-5-13(6-4-11)20(22,23)24/h3-9,16H,1-2H3,(H2,26,27)/t16-,19-/m1/s1. The molecule has 1 aliphatic heterocycles. The molecule has 0 unspecified atom stereocenters. The molecule has 0 radical (unpaired) electrons. The zero-order valence-electron chi connectivity index (χ0n) is 15.5. The molecular formula is C20H16F4N4O. The van der Waals surface area contributed by atoms with Crippen LogP contribution in [0.1, 0.15) is 35.1 Å². The minimum atomic E-state index is -4.52. The lowest BCUT2D eigenvalue weighted by molar-refractivity contribution is -0.137. The number of alkyl halides is 3. The highest BCUT2D eigenvalue weighted by Crippen LogP contribution is 2.44. The number of carbonyl (C=O) groups excluding carboxylic acids is 1. The van der Waals surface area contributed by atoms with E-state index in [9.17, 15) is 22.4 Å². The van der Waals surface area contributed by atoms with Crippen molar-refractivity contribution in [2.75, 3.05) is 7.05 Å². The molecule has 2 aromatic carbocycles. The number of guanidine groups is 1. The summed E-state index contributed by atoms with van der Waals surface area (Å²) in [6.07, 6.45) is -4.52. The van der Waals surface area contributed by atoms with Crippen LogP contribution < -0.4 is 5.73 Å². The van der Waals surface area contributed by atoms with E-state index in [1.54, 1.807) is 13.0 Å². The summed E-state index contributed by atoms with van der Waals surface area (Å²) in [7, 11) is 1.41. The Kier molecular flexibility index (Phi) is 4.82. The molecular weight excluding hydrogens is 388 g/mol. The van der Waals surface area contributed by atoms with Crippen molar-refractivity contribution in [1.29, 1.82) is 5.26 Å². The van der Waals surface area contributed by atoms with Crippen molar-refractivity contribution in [3.05, 3.63) is 70.5 Å². The van der Waals surface area contributed by atoms with E-state index in [1.165, 1.54) is 31.3 Å². The van der Waals surface area contributed by atoms with Gasteiger partial charge in [-0.2, -0.15) is 18.4 Å². The largest absolute Gasteiger partial charge is 0.416 e. The number of hydrogen-bond donors (Lipinski definition) is 1. The molecule has 2 N–H and O–H groups in total. The Hall–Kier alpha value is -3.41. The number of rotatable bonds is 2. The molecule has 150 valence electrons. The van der Waals surface area contributed by atoms with E-state index in [-0.39, 0.29) is 17.1 Å². The van der Waals surface area contributed by atoms with Crippen LogP contribution in [0.2, 0.25) is 0 Å². The number of benzene rings is 2. The molecule has 0 spiro atoms. The van der Waals surface area contributed by atoms with Gasteiger partial charge in [0.15, 0.2) is 5.96 Å². The van der Waals surface area contributed by atoms with Gasteiger partial charge in [0.2, 0.25) is 5.91 Å². The molecule has 5 nitrogen and oxygen atoms in total. The molecule has 2 atom stereocenters. The summed E-state index contributed by atoms with van der Waals surface area (Å²) in [6, 6.07) is 9.64. The number of nitrogens with zero attached hydrogens (tertiary/aromatic N) is 3. The molecule has 0 bridgehead atoms. The summed E-state index contributed by atoms with van der Waals surface area (Å²) in [5.74, 6) is -2.34. The molecule has 1 amide bonds. The molecule has 0 saturated carbocycles. The van der Waals surface area contributed by atoms with Crippen molar-refractivity contribution in [2.24, 2.45) is 10.7 Å². The first-order valence-corrected chi connectivity index (χ1v) is 8.49. The van der Waals surface area contributed by atoms with Gasteiger partial charge in [-0.25, -0.2) is 9.38 Å². The van der Waals surface area contributed by atoms with Crippen LogP contribution in [0, 0.1) is 17.1 Å². The first-order valence-electron chi connectivity index (χ1n) is 8.49. The van der Waals surface area contributed by atoms with Gasteiger partial charge in [0.1, 0.15) is 17.4 Å². The summed E-state index contributed by atoms with van der Waals surface area (Å²) in [4.78, 5) is 18.5. The Morgan fingerprint density at radius 2 is 1.83 bits per heavy atom. The van der Waals surface area contributed by atoms with Crippen LogP contribution >= 0.6 is 0 Å². The minimum Gasteiger partial charge on any atom is -0.369 e. The van der Waals surface area contributed by atoms with Gasteiger partial charge in [-0.15, -0.1) is 0 Å². The summed E-state index contributed by atoms with van der Waals surface area (Å²) in [6.45, 7) is 1.57. The second-order valence-electron chi connectivity index (χ2n) is 6.87. The highest BCUT2D eigenvalue weighted by Gasteiger charge is 2.47. The second-order valence-corrected chi connectivity index (χ2v) is 6.87. The van der Waals surface area contributed by atoms with Crippen molar-refractivity contribution in [3.8, 4) is 6.07 Å². The van der Waals surface area contributed by atoms with Crippen LogP contribution in [0.4, 0.5) is 17.6 Å². The molecule has 29 heavy (non-hydrogen) atoms. The second kappa shape index (κ2) is 6.88. The van der Waals surface area contributed by atoms with Gasteiger partial charge in [0.25, 0.3) is 0 Å². The average molecular weight is 404 g/mol. The quantitative estimate of drug-likeness (QED) is 0.778. The minimum absolute atomic E-state index is 0.0940. The van der Waals surface area contributed by atoms with Crippen molar-refractivity contribution in [3.63, 3.8) is 0 Å². The summed E-state index contributed by atoms with van der Waals surface area (Å²) >= 11 is 0. The Balaban J connectivity index is 2.19. The van der Waals surface area contributed by atoms with Crippen molar-refractivity contribution in [2.45, 2.75) is 24.6 Å². The van der Waals surface area contributed by atoms with E-state index >= 15 is 0 Å². The zero-order valence-corrected chi connectivity index (χ0v) is 15.5. The summed E-state index contributed by atoms with van der Waals surface area (Å²) in [5, 5.41) is 9.13. The molecule has 0 aromatic heterocycles. The lowest BCUT2D eigenvalue weighted by Gasteiger charge is -2.41. The fourth-order valence-electron chi connectivity index (χ4n) is 3.41. The Bertz CT molecular complexity index is 1040. The third kappa shape index (κ3) is 3.42. The van der Waals surface area contributed by atoms with Gasteiger partial charge in [0.05, 0.1) is 17.0 Å². The number of halogens is 4. The fraction of sp³-hybridized carbons (Fsp3) is 0.250. The third-order valence-electron chi connectivity index (χ3n) is 5.07. The Morgan fingerprint density at radius 3 is 2.38 bits per heavy atom. The van der Waals surface area contributed by atoms with Gasteiger partial charge in [-0.05, 0) is 42.3 Å². The first-order chi connectivity index (χ1) is 13.5. The first kappa shape index (κ1) is 20.3. The van der Waals surface area contributed by atoms with Gasteiger partial charge < -0.3 is 5.73 Å². The van der Waals surface area contributed by atoms with Crippen LogP contribution in [0.25, 0.3) is 0 Å². The Morgan fingerprint density at radius 1 is 1.21 bits per heavy atom. The molecule has 3 rings (SSSR count). The van der Waals surface area contributed by atoms with Crippen LogP contribution in [-0.4, -0.2) is 23.8 Å². The molecule has 1 aliphatic rings. The fourth-order valence-corrected chi connectivity index (χ4v) is 3.41. The Labute approximate surface area is 164 Å². The van der Waals surface area contributed by atoms with Crippen molar-refractivity contribution >= 4 is 11.9 Å². The van der Waals surface area contributed by atoms with Crippen molar-refractivity contribution in [1.82, 2.24) is 4.90 Å². The lowest BCUT2D eigenvalue weighted by Crippen LogP contribution is -2.52. The topological polar surface area (TPSA) is 82.5 Å². The molecule has 2 aromatic rings. The third-order valence-corrected chi connectivity index (χ3v) is 5.07. The highest BCUT2D eigenvalue weighted by molar-refractivity contribution is 6.02. The van der Waals surface area contributed by atoms with E-state index in [0.29, 0.717) is 5.56 Å². The molecule has 9 heteroatoms. The number of carbonyl (C=O) groups is 1. The number of nitrogens with two attached hydrogens (primary N) is 1. The normalized spacial score (nSPS) is 22.2. The smallest absolute Gasteiger partial charge is 0.369 e. The maximum atomic E-state index is 13.8. The molecule has 1 heterocycles. The van der Waals surface area contributed by atoms with Crippen LogP contribution in [0.3, 0.4) is 0 Å². The van der Waals surface area contributed by atoms with E-state index in [4.69, 9.17) is 11.0 Å². The van der Waals surface area contributed by atoms with Crippen LogP contribution in [0.15, 0.2) is 47.5 Å². The summed E-state index contributed by atoms with van der Waals surface area (Å²) < 4.78 is 52.5. The number of hydrogen-bond acceptors (Lipinski definition) is 4. The lowest BCUT2D eigenvalue weighted by atomic mass is 9.74. The van der Waals surface area contributed by atoms with E-state index < -0.39 is 34.9 Å². The van der Waals surface area contributed by atoms with Gasteiger partial charge in [-0.3, -0.25) is 9.69 Å². The molecule has 0 aliphatic carbocycles. The van der Waals surface area contributed by atoms with Gasteiger partial charge in [-0.1, -0.05) is 18.2 Å². The monoisotopic (exact) mass is 404 g/mol. The number of nitriles is 1. The zero-order chi connectivity index (χ0) is 21.6. The average Bonchev–Trinajstić information content (AvgIpc) is 2.66. The maximum Gasteiger partial charge on any atom is 0.416 e. The maximum absolute atomic E-state index is 13.8. The van der Waals surface area contributed by atoms with Crippen molar-refractivity contribution < 1.29 is 22.4 Å².